The van der Waals surface area contributed by atoms with E-state index in [9.17, 15) is 4.79 Å². The Morgan fingerprint density at radius 2 is 2.12 bits per heavy atom. The van der Waals surface area contributed by atoms with Crippen molar-refractivity contribution in [1.29, 1.82) is 0 Å². The molecule has 2 atom stereocenters. The van der Waals surface area contributed by atoms with Gasteiger partial charge >= 0.3 is 6.03 Å². The minimum absolute atomic E-state index is 0.0475. The van der Waals surface area contributed by atoms with Crippen molar-refractivity contribution in [2.75, 3.05) is 0 Å². The van der Waals surface area contributed by atoms with Gasteiger partial charge in [-0.05, 0) is 12.8 Å². The summed E-state index contributed by atoms with van der Waals surface area (Å²) in [5.74, 6) is 0.871. The minimum atomic E-state index is -0.0701. The Labute approximate surface area is 153 Å². The molecule has 138 valence electrons. The summed E-state index contributed by atoms with van der Waals surface area (Å²) in [5.41, 5.74) is 2.89. The second-order valence-corrected chi connectivity index (χ2v) is 8.19. The third-order valence-corrected chi connectivity index (χ3v) is 5.16. The standard InChI is InChI=1S/C18H25N7O/c1-18(2,3)16-19-10-13-14(22-16)7-12-5-6-15(13)25(12)17(26)20-8-11-9-21-24(4)23-11/h9-10,12,15H,5-8H2,1-4H3,(H,20,26). The fraction of sp³-hybridized carbons (Fsp3) is 0.611. The van der Waals surface area contributed by atoms with Crippen LogP contribution in [0.2, 0.25) is 0 Å². The van der Waals surface area contributed by atoms with Crippen LogP contribution in [0.3, 0.4) is 0 Å². The molecule has 2 unspecified atom stereocenters. The number of aromatic nitrogens is 5. The molecule has 1 saturated heterocycles. The number of fused-ring (bicyclic) bond motifs is 4. The van der Waals surface area contributed by atoms with Gasteiger partial charge in [0.25, 0.3) is 0 Å². The number of nitrogens with zero attached hydrogens (tertiary/aromatic N) is 6. The van der Waals surface area contributed by atoms with Crippen LogP contribution in [-0.4, -0.2) is 41.9 Å². The number of rotatable bonds is 2. The molecule has 0 aromatic carbocycles. The maximum absolute atomic E-state index is 12.8. The van der Waals surface area contributed by atoms with Gasteiger partial charge in [0.15, 0.2) is 0 Å². The van der Waals surface area contributed by atoms with Gasteiger partial charge in [0.1, 0.15) is 11.5 Å². The molecule has 2 aliphatic rings. The summed E-state index contributed by atoms with van der Waals surface area (Å²) in [7, 11) is 1.76. The largest absolute Gasteiger partial charge is 0.332 e. The minimum Gasteiger partial charge on any atom is -0.332 e. The second-order valence-electron chi connectivity index (χ2n) is 8.19. The first kappa shape index (κ1) is 16.9. The lowest BCUT2D eigenvalue weighted by atomic mass is 9.93. The van der Waals surface area contributed by atoms with E-state index in [4.69, 9.17) is 4.98 Å². The van der Waals surface area contributed by atoms with Crippen molar-refractivity contribution in [3.05, 3.63) is 35.2 Å². The van der Waals surface area contributed by atoms with E-state index >= 15 is 0 Å². The van der Waals surface area contributed by atoms with Gasteiger partial charge in [0, 0.05) is 36.7 Å². The summed E-state index contributed by atoms with van der Waals surface area (Å²) >= 11 is 0. The first-order valence-corrected chi connectivity index (χ1v) is 9.10. The van der Waals surface area contributed by atoms with Crippen molar-refractivity contribution in [3.8, 4) is 0 Å². The van der Waals surface area contributed by atoms with E-state index in [0.717, 1.165) is 42.0 Å². The molecule has 8 heteroatoms. The third-order valence-electron chi connectivity index (χ3n) is 5.16. The molecule has 4 rings (SSSR count). The molecule has 2 aromatic rings. The fourth-order valence-corrected chi connectivity index (χ4v) is 3.88. The lowest BCUT2D eigenvalue weighted by Gasteiger charge is -2.36. The number of aryl methyl sites for hydroxylation is 1. The predicted octanol–water partition coefficient (Wildman–Crippen LogP) is 1.87. The van der Waals surface area contributed by atoms with Crippen LogP contribution >= 0.6 is 0 Å². The van der Waals surface area contributed by atoms with Crippen molar-refractivity contribution in [2.24, 2.45) is 7.05 Å². The van der Waals surface area contributed by atoms with Crippen LogP contribution in [0, 0.1) is 0 Å². The highest BCUT2D eigenvalue weighted by Gasteiger charge is 2.43. The Bertz CT molecular complexity index is 838. The number of nitrogens with one attached hydrogen (secondary N) is 1. The highest BCUT2D eigenvalue weighted by atomic mass is 16.2. The van der Waals surface area contributed by atoms with Gasteiger partial charge in [-0.1, -0.05) is 20.8 Å². The average molecular weight is 355 g/mol. The Morgan fingerprint density at radius 1 is 1.31 bits per heavy atom. The molecule has 2 aliphatic heterocycles. The first-order valence-electron chi connectivity index (χ1n) is 9.10. The molecule has 1 N–H and O–H groups in total. The summed E-state index contributed by atoms with van der Waals surface area (Å²) < 4.78 is 0. The summed E-state index contributed by atoms with van der Waals surface area (Å²) in [6, 6.07) is 0.227. The van der Waals surface area contributed by atoms with Crippen LogP contribution in [-0.2, 0) is 25.4 Å². The van der Waals surface area contributed by atoms with Gasteiger partial charge in [0.05, 0.1) is 24.5 Å². The van der Waals surface area contributed by atoms with E-state index in [1.165, 1.54) is 4.80 Å². The van der Waals surface area contributed by atoms with Gasteiger partial charge in [-0.3, -0.25) is 0 Å². The maximum Gasteiger partial charge on any atom is 0.318 e. The smallest absolute Gasteiger partial charge is 0.318 e. The van der Waals surface area contributed by atoms with E-state index in [2.05, 4.69) is 41.3 Å². The molecule has 2 amide bonds. The van der Waals surface area contributed by atoms with E-state index < -0.39 is 0 Å². The quantitative estimate of drug-likeness (QED) is 0.888. The van der Waals surface area contributed by atoms with E-state index in [-0.39, 0.29) is 23.5 Å². The zero-order valence-corrected chi connectivity index (χ0v) is 15.7. The number of amides is 2. The first-order chi connectivity index (χ1) is 12.3. The lowest BCUT2D eigenvalue weighted by Crippen LogP contribution is -2.47. The summed E-state index contributed by atoms with van der Waals surface area (Å²) in [4.78, 5) is 25.7. The molecule has 4 heterocycles. The van der Waals surface area contributed by atoms with Crippen molar-refractivity contribution < 1.29 is 4.79 Å². The van der Waals surface area contributed by atoms with Crippen LogP contribution < -0.4 is 5.32 Å². The molecule has 0 saturated carbocycles. The van der Waals surface area contributed by atoms with E-state index in [1.54, 1.807) is 13.2 Å². The topological polar surface area (TPSA) is 88.8 Å². The van der Waals surface area contributed by atoms with Crippen LogP contribution in [0.1, 0.15) is 62.4 Å². The van der Waals surface area contributed by atoms with Gasteiger partial charge in [-0.2, -0.15) is 15.0 Å². The second kappa shape index (κ2) is 6.03. The summed E-state index contributed by atoms with van der Waals surface area (Å²) in [6.07, 6.45) is 6.37. The van der Waals surface area contributed by atoms with Crippen molar-refractivity contribution in [2.45, 2.75) is 64.1 Å². The molecule has 8 nitrogen and oxygen atoms in total. The van der Waals surface area contributed by atoms with Gasteiger partial charge < -0.3 is 10.2 Å². The zero-order chi connectivity index (χ0) is 18.5. The Morgan fingerprint density at radius 3 is 2.81 bits per heavy atom. The predicted molar refractivity (Wildman–Crippen MR) is 95.3 cm³/mol. The van der Waals surface area contributed by atoms with Crippen LogP contribution in [0.5, 0.6) is 0 Å². The molecule has 2 aromatic heterocycles. The van der Waals surface area contributed by atoms with Crippen molar-refractivity contribution >= 4 is 6.03 Å². The SMILES string of the molecule is Cn1ncc(CNC(=O)N2C3CCC2c2cnc(C(C)(C)C)nc2C3)n1. The molecular formula is C18H25N7O. The van der Waals surface area contributed by atoms with Crippen LogP contribution in [0.4, 0.5) is 4.79 Å². The number of urea groups is 1. The van der Waals surface area contributed by atoms with Crippen molar-refractivity contribution in [1.82, 2.24) is 35.2 Å². The van der Waals surface area contributed by atoms with Gasteiger partial charge in [0.2, 0.25) is 0 Å². The molecule has 2 bridgehead atoms. The Kier molecular flexibility index (Phi) is 3.93. The molecule has 26 heavy (non-hydrogen) atoms. The molecule has 0 spiro atoms. The maximum atomic E-state index is 12.8. The molecule has 0 aliphatic carbocycles. The van der Waals surface area contributed by atoms with E-state index in [0.29, 0.717) is 6.54 Å². The van der Waals surface area contributed by atoms with E-state index in [1.807, 2.05) is 11.1 Å². The van der Waals surface area contributed by atoms with Crippen LogP contribution in [0.25, 0.3) is 0 Å². The average Bonchev–Trinajstić information content (AvgIpc) is 3.14. The molecular weight excluding hydrogens is 330 g/mol. The monoisotopic (exact) mass is 355 g/mol. The van der Waals surface area contributed by atoms with Gasteiger partial charge in [-0.15, -0.1) is 0 Å². The van der Waals surface area contributed by atoms with Crippen molar-refractivity contribution in [3.63, 3.8) is 0 Å². The number of carbonyl (C=O) groups is 1. The van der Waals surface area contributed by atoms with Crippen LogP contribution in [0.15, 0.2) is 12.4 Å². The summed E-state index contributed by atoms with van der Waals surface area (Å²) in [5, 5.41) is 11.2. The third kappa shape index (κ3) is 2.93. The highest BCUT2D eigenvalue weighted by molar-refractivity contribution is 5.76. The normalized spacial score (nSPS) is 21.6. The summed E-state index contributed by atoms with van der Waals surface area (Å²) in [6.45, 7) is 6.75. The number of carbonyl (C=O) groups excluding carboxylic acids is 1. The molecule has 1 fully saturated rings. The van der Waals surface area contributed by atoms with Gasteiger partial charge in [-0.25, -0.2) is 14.8 Å². The fourth-order valence-electron chi connectivity index (χ4n) is 3.88. The highest BCUT2D eigenvalue weighted by Crippen LogP contribution is 2.43. The number of hydrogen-bond donors (Lipinski definition) is 1. The Balaban J connectivity index is 1.52. The Hall–Kier alpha value is -2.51. The number of hydrogen-bond acceptors (Lipinski definition) is 5. The zero-order valence-electron chi connectivity index (χ0n) is 15.7. The molecule has 0 radical (unpaired) electrons. The lowest BCUT2D eigenvalue weighted by molar-refractivity contribution is 0.164.